The summed E-state index contributed by atoms with van der Waals surface area (Å²) in [6, 6.07) is 15.9. The number of carbonyl (C=O) groups excluding carboxylic acids is 1. The Morgan fingerprint density at radius 1 is 1.05 bits per heavy atom. The highest BCUT2D eigenvalue weighted by Gasteiger charge is 2.27. The normalized spacial score (nSPS) is 14.1. The number of phosphoric acid groups is 1. The number of para-hydroxylation sites is 1. The average Bonchev–Trinajstić information content (AvgIpc) is 2.97. The Labute approximate surface area is 254 Å². The molecule has 0 radical (unpaired) electrons. The molecule has 42 heavy (non-hydrogen) atoms. The van der Waals surface area contributed by atoms with Crippen LogP contribution in [0.3, 0.4) is 0 Å². The molecule has 0 spiro atoms. The number of methoxy groups -OCH3 is 1. The predicted molar refractivity (Wildman–Crippen MR) is 164 cm³/mol. The fourth-order valence-electron chi connectivity index (χ4n) is 4.11. The molecule has 0 saturated heterocycles. The second-order valence-corrected chi connectivity index (χ2v) is 11.5. The van der Waals surface area contributed by atoms with Gasteiger partial charge in [0.1, 0.15) is 35.0 Å². The third-order valence-electron chi connectivity index (χ3n) is 6.27. The Kier molecular flexibility index (Phi) is 15.4. The van der Waals surface area contributed by atoms with Gasteiger partial charge in [-0.1, -0.05) is 41.9 Å². The van der Waals surface area contributed by atoms with Gasteiger partial charge >= 0.3 is 7.82 Å². The molecule has 0 saturated carbocycles. The molecule has 2 aromatic rings. The number of phosphoric ester groups is 1. The summed E-state index contributed by atoms with van der Waals surface area (Å²) in [6.45, 7) is 6.46. The van der Waals surface area contributed by atoms with Crippen LogP contribution < -0.4 is 9.47 Å². The molecular weight excluding hydrogens is 583 g/mol. The lowest BCUT2D eigenvalue weighted by Gasteiger charge is -2.23. The van der Waals surface area contributed by atoms with E-state index in [2.05, 4.69) is 6.07 Å². The van der Waals surface area contributed by atoms with Crippen molar-refractivity contribution in [2.45, 2.75) is 39.7 Å². The minimum absolute atomic E-state index is 0.0160. The molecule has 2 rings (SSSR count). The first-order valence-electron chi connectivity index (χ1n) is 13.9. The lowest BCUT2D eigenvalue weighted by Crippen LogP contribution is -2.34. The van der Waals surface area contributed by atoms with E-state index in [-0.39, 0.29) is 36.7 Å². The second kappa shape index (κ2) is 18.2. The van der Waals surface area contributed by atoms with Gasteiger partial charge in [-0.15, -0.1) is 0 Å². The number of allylic oxidation sites excluding steroid dienone is 1. The summed E-state index contributed by atoms with van der Waals surface area (Å²) in [5.41, 5.74) is 2.25. The van der Waals surface area contributed by atoms with Crippen LogP contribution in [0.1, 0.15) is 31.9 Å². The van der Waals surface area contributed by atoms with Gasteiger partial charge in [0, 0.05) is 19.6 Å². The molecule has 1 N–H and O–H groups in total. The zero-order valence-electron chi connectivity index (χ0n) is 25.4. The molecule has 1 amide bonds. The maximum Gasteiger partial charge on any atom is 0.527 e. The molecule has 0 heterocycles. The Morgan fingerprint density at radius 2 is 1.76 bits per heavy atom. The van der Waals surface area contributed by atoms with Crippen molar-refractivity contribution in [2.75, 3.05) is 60.7 Å². The van der Waals surface area contributed by atoms with E-state index in [1.165, 1.54) is 17.4 Å². The Balaban J connectivity index is 1.91. The third kappa shape index (κ3) is 12.3. The van der Waals surface area contributed by atoms with Crippen LogP contribution in [0, 0.1) is 0 Å². The van der Waals surface area contributed by atoms with E-state index in [1.54, 1.807) is 21.0 Å². The number of hydrogen-bond acceptors (Lipinski definition) is 8. The predicted octanol–water partition coefficient (Wildman–Crippen LogP) is 5.28. The molecular formula is C30H44ClN2O8P. The number of ether oxygens (including phenoxy) is 3. The molecule has 10 nitrogen and oxygen atoms in total. The fraction of sp³-hybridized carbons (Fsp3) is 0.500. The van der Waals surface area contributed by atoms with Crippen molar-refractivity contribution < 1.29 is 37.5 Å². The number of rotatable bonds is 19. The summed E-state index contributed by atoms with van der Waals surface area (Å²) >= 11 is 6.08. The zero-order chi connectivity index (χ0) is 31.1. The average molecular weight is 627 g/mol. The molecule has 2 atom stereocenters. The number of carbonyl (C=O) groups is 1. The van der Waals surface area contributed by atoms with Crippen molar-refractivity contribution in [3.05, 3.63) is 70.4 Å². The van der Waals surface area contributed by atoms with Gasteiger partial charge in [0.2, 0.25) is 0 Å². The first-order valence-corrected chi connectivity index (χ1v) is 15.8. The van der Waals surface area contributed by atoms with Crippen LogP contribution in [0.25, 0.3) is 0 Å². The first kappa shape index (κ1) is 35.6. The number of amides is 1. The van der Waals surface area contributed by atoms with Crippen molar-refractivity contribution in [1.82, 2.24) is 9.80 Å². The molecule has 2 unspecified atom stereocenters. The lowest BCUT2D eigenvalue weighted by molar-refractivity contribution is -0.126. The Bertz CT molecular complexity index is 1210. The lowest BCUT2D eigenvalue weighted by atomic mass is 10.0. The molecule has 234 valence electrons. The van der Waals surface area contributed by atoms with E-state index in [9.17, 15) is 14.3 Å². The molecule has 0 aliphatic rings. The minimum atomic E-state index is -4.53. The van der Waals surface area contributed by atoms with E-state index in [1.807, 2.05) is 61.5 Å². The highest BCUT2D eigenvalue weighted by molar-refractivity contribution is 7.47. The molecule has 0 aliphatic carbocycles. The van der Waals surface area contributed by atoms with E-state index in [0.717, 1.165) is 29.9 Å². The number of nitrogens with zero attached hydrogens (tertiary/aromatic N) is 2. The van der Waals surface area contributed by atoms with Crippen molar-refractivity contribution in [2.24, 2.45) is 0 Å². The minimum Gasteiger partial charge on any atom is -0.497 e. The number of benzene rings is 2. The van der Waals surface area contributed by atoms with Crippen molar-refractivity contribution in [1.29, 1.82) is 0 Å². The Morgan fingerprint density at radius 3 is 2.43 bits per heavy atom. The second-order valence-electron chi connectivity index (χ2n) is 9.77. The van der Waals surface area contributed by atoms with Gasteiger partial charge in [0.15, 0.2) is 0 Å². The van der Waals surface area contributed by atoms with Crippen molar-refractivity contribution >= 4 is 25.3 Å². The van der Waals surface area contributed by atoms with Crippen LogP contribution in [-0.2, 0) is 36.0 Å². The number of aryl methyl sites for hydroxylation is 2. The molecule has 12 heteroatoms. The maximum absolute atomic E-state index is 12.4. The SMILES string of the molecule is CCN(CC)C(=O)/C(Cl)=C(/C)OP(=O)(O)OCCOC(COc1ccccc1CCc1cccc(OC)c1)CN(C)C. The quantitative estimate of drug-likeness (QED) is 0.0965. The van der Waals surface area contributed by atoms with Crippen LogP contribution in [0.15, 0.2) is 59.3 Å². The van der Waals surface area contributed by atoms with Gasteiger partial charge in [-0.3, -0.25) is 14.2 Å². The van der Waals surface area contributed by atoms with Crippen molar-refractivity contribution in [3.63, 3.8) is 0 Å². The highest BCUT2D eigenvalue weighted by Crippen LogP contribution is 2.46. The number of likely N-dealkylation sites (N-methyl/N-ethyl adjacent to an activating group) is 2. The highest BCUT2D eigenvalue weighted by atomic mass is 35.5. The largest absolute Gasteiger partial charge is 0.527 e. The van der Waals surface area contributed by atoms with Gasteiger partial charge in [-0.2, -0.15) is 0 Å². The van der Waals surface area contributed by atoms with Gasteiger partial charge in [-0.05, 0) is 77.0 Å². The van der Waals surface area contributed by atoms with E-state index in [4.69, 9.17) is 34.9 Å². The standard InChI is InChI=1S/C30H44ClN2O8P/c1-7-33(8-2)30(34)29(31)23(3)41-42(35,36)40-19-18-38-27(21-32(4)5)22-39-28-15-10-9-13-25(28)17-16-24-12-11-14-26(20-24)37-6/h9-15,20,27H,7-8,16-19,21-22H2,1-6H3,(H,35,36)/b29-23+. The monoisotopic (exact) mass is 626 g/mol. The third-order valence-corrected chi connectivity index (χ3v) is 7.72. The van der Waals surface area contributed by atoms with Crippen LogP contribution in [-0.4, -0.2) is 87.4 Å². The van der Waals surface area contributed by atoms with E-state index in [0.29, 0.717) is 19.6 Å². The first-order chi connectivity index (χ1) is 20.0. The molecule has 0 aromatic heterocycles. The molecule has 0 aliphatic heterocycles. The molecule has 2 aromatic carbocycles. The van der Waals surface area contributed by atoms with Crippen LogP contribution in [0.4, 0.5) is 0 Å². The summed E-state index contributed by atoms with van der Waals surface area (Å²) in [5.74, 6) is 0.922. The van der Waals surface area contributed by atoms with Crippen molar-refractivity contribution in [3.8, 4) is 11.5 Å². The Hall–Kier alpha value is -2.59. The topological polar surface area (TPSA) is 107 Å². The van der Waals surface area contributed by atoms with Gasteiger partial charge in [-0.25, -0.2) is 4.57 Å². The molecule has 0 bridgehead atoms. The number of hydrogen-bond donors (Lipinski definition) is 1. The van der Waals surface area contributed by atoms with E-state index < -0.39 is 13.7 Å². The van der Waals surface area contributed by atoms with Crippen LogP contribution in [0.2, 0.25) is 0 Å². The maximum atomic E-state index is 12.4. The summed E-state index contributed by atoms with van der Waals surface area (Å²) in [7, 11) is 0.968. The van der Waals surface area contributed by atoms with Gasteiger partial charge in [0.25, 0.3) is 5.91 Å². The van der Waals surface area contributed by atoms with Gasteiger partial charge in [0.05, 0.1) is 20.3 Å². The summed E-state index contributed by atoms with van der Waals surface area (Å²) in [6.07, 6.45) is 1.29. The summed E-state index contributed by atoms with van der Waals surface area (Å²) in [5, 5.41) is -0.278. The molecule has 0 fully saturated rings. The fourth-order valence-corrected chi connectivity index (χ4v) is 5.12. The summed E-state index contributed by atoms with van der Waals surface area (Å²) < 4.78 is 39.9. The van der Waals surface area contributed by atoms with Crippen LogP contribution in [0.5, 0.6) is 11.5 Å². The van der Waals surface area contributed by atoms with Crippen LogP contribution >= 0.6 is 19.4 Å². The number of halogens is 1. The zero-order valence-corrected chi connectivity index (χ0v) is 27.0. The van der Waals surface area contributed by atoms with E-state index >= 15 is 0 Å². The summed E-state index contributed by atoms with van der Waals surface area (Å²) in [4.78, 5) is 25.9. The smallest absolute Gasteiger partial charge is 0.497 e. The van der Waals surface area contributed by atoms with Gasteiger partial charge < -0.3 is 28.5 Å².